The molecule has 0 amide bonds. The van der Waals surface area contributed by atoms with Crippen LogP contribution in [0.4, 0.5) is 0 Å². The van der Waals surface area contributed by atoms with Crippen LogP contribution in [0.2, 0.25) is 0 Å². The van der Waals surface area contributed by atoms with Crippen LogP contribution in [-0.2, 0) is 6.42 Å². The number of aromatic amines is 1. The fraction of sp³-hybridized carbons (Fsp3) is 0.0714. The Kier molecular flexibility index (Phi) is 3.95. The summed E-state index contributed by atoms with van der Waals surface area (Å²) in [7, 11) is 0. The molecule has 3 aromatic rings. The summed E-state index contributed by atoms with van der Waals surface area (Å²) >= 11 is 8.22. The molecule has 0 bridgehead atoms. The lowest BCUT2D eigenvalue weighted by molar-refractivity contribution is 0.529. The molecular formula is C14H11BrN4O2S. The number of benzene rings is 1. The standard InChI is InChI=1S/C14H11BrN4O2S/c15-9-3-1-8(2-4-9)12-6-5-10(21-12)7-11-13(20)19(16)14(22)18-17-11/h1-6H,7,16H2,(H,18,22). The molecule has 0 fully saturated rings. The zero-order valence-corrected chi connectivity index (χ0v) is 13.6. The summed E-state index contributed by atoms with van der Waals surface area (Å²) in [4.78, 5) is 12.0. The van der Waals surface area contributed by atoms with Crippen LogP contribution in [0.5, 0.6) is 0 Å². The Bertz CT molecular complexity index is 927. The smallest absolute Gasteiger partial charge is 0.295 e. The SMILES string of the molecule is Nn1c(=S)[nH]nc(Cc2ccc(-c3ccc(Br)cc3)o2)c1=O. The van der Waals surface area contributed by atoms with Gasteiger partial charge in [-0.1, -0.05) is 28.1 Å². The normalized spacial score (nSPS) is 10.8. The zero-order valence-electron chi connectivity index (χ0n) is 11.2. The van der Waals surface area contributed by atoms with E-state index in [1.807, 2.05) is 30.3 Å². The highest BCUT2D eigenvalue weighted by Gasteiger charge is 2.10. The number of hydrogen-bond donors (Lipinski definition) is 2. The fourth-order valence-corrected chi connectivity index (χ4v) is 2.36. The highest BCUT2D eigenvalue weighted by Crippen LogP contribution is 2.24. The summed E-state index contributed by atoms with van der Waals surface area (Å²) in [6.07, 6.45) is 0.235. The van der Waals surface area contributed by atoms with Gasteiger partial charge in [-0.05, 0) is 36.5 Å². The Balaban J connectivity index is 1.89. The molecule has 2 heterocycles. The molecule has 0 spiro atoms. The van der Waals surface area contributed by atoms with E-state index in [-0.39, 0.29) is 16.9 Å². The van der Waals surface area contributed by atoms with Crippen LogP contribution in [-0.4, -0.2) is 14.9 Å². The quantitative estimate of drug-likeness (QED) is 0.540. The van der Waals surface area contributed by atoms with Gasteiger partial charge in [0.25, 0.3) is 5.56 Å². The lowest BCUT2D eigenvalue weighted by atomic mass is 10.2. The molecule has 0 aliphatic heterocycles. The van der Waals surface area contributed by atoms with Gasteiger partial charge in [0, 0.05) is 10.0 Å². The third kappa shape index (κ3) is 2.88. The monoisotopic (exact) mass is 378 g/mol. The van der Waals surface area contributed by atoms with Gasteiger partial charge >= 0.3 is 0 Å². The van der Waals surface area contributed by atoms with Crippen LogP contribution in [0.25, 0.3) is 11.3 Å². The molecule has 0 radical (unpaired) electrons. The van der Waals surface area contributed by atoms with Crippen LogP contribution in [0.15, 0.2) is 50.1 Å². The lowest BCUT2D eigenvalue weighted by Crippen LogP contribution is -2.32. The minimum Gasteiger partial charge on any atom is -0.461 e. The molecule has 0 aliphatic carbocycles. The van der Waals surface area contributed by atoms with E-state index in [4.69, 9.17) is 22.5 Å². The number of furan rings is 1. The van der Waals surface area contributed by atoms with Crippen molar-refractivity contribution in [1.29, 1.82) is 0 Å². The molecule has 1 aromatic carbocycles. The molecule has 0 saturated carbocycles. The topological polar surface area (TPSA) is 89.8 Å². The molecule has 3 N–H and O–H groups in total. The van der Waals surface area contributed by atoms with E-state index in [2.05, 4.69) is 26.1 Å². The van der Waals surface area contributed by atoms with Gasteiger partial charge in [0.2, 0.25) is 4.77 Å². The highest BCUT2D eigenvalue weighted by molar-refractivity contribution is 9.10. The average Bonchev–Trinajstić information content (AvgIpc) is 2.97. The Labute approximate surface area is 138 Å². The number of nitrogen functional groups attached to an aromatic ring is 1. The third-order valence-corrected chi connectivity index (χ3v) is 3.92. The van der Waals surface area contributed by atoms with Gasteiger partial charge in [0.05, 0.1) is 6.42 Å². The van der Waals surface area contributed by atoms with Gasteiger partial charge in [-0.25, -0.2) is 0 Å². The van der Waals surface area contributed by atoms with E-state index in [0.29, 0.717) is 5.76 Å². The molecule has 8 heteroatoms. The third-order valence-electron chi connectivity index (χ3n) is 3.10. The Morgan fingerprint density at radius 1 is 1.27 bits per heavy atom. The molecule has 3 rings (SSSR count). The van der Waals surface area contributed by atoms with Crippen molar-refractivity contribution in [3.05, 3.63) is 67.4 Å². The van der Waals surface area contributed by atoms with Crippen molar-refractivity contribution >= 4 is 28.1 Å². The highest BCUT2D eigenvalue weighted by atomic mass is 79.9. The van der Waals surface area contributed by atoms with Crippen molar-refractivity contribution in [2.45, 2.75) is 6.42 Å². The van der Waals surface area contributed by atoms with Gasteiger partial charge in [-0.15, -0.1) is 0 Å². The summed E-state index contributed by atoms with van der Waals surface area (Å²) < 4.78 is 7.68. The summed E-state index contributed by atoms with van der Waals surface area (Å²) in [5.41, 5.74) is 0.754. The van der Waals surface area contributed by atoms with Crippen LogP contribution < -0.4 is 11.4 Å². The van der Waals surface area contributed by atoms with Crippen molar-refractivity contribution in [2.24, 2.45) is 0 Å². The first-order valence-corrected chi connectivity index (χ1v) is 7.55. The van der Waals surface area contributed by atoms with Crippen LogP contribution in [0.1, 0.15) is 11.5 Å². The Hall–Kier alpha value is -2.19. The second-order valence-corrected chi connectivity index (χ2v) is 5.90. The summed E-state index contributed by atoms with van der Waals surface area (Å²) in [5, 5.41) is 6.45. The first-order chi connectivity index (χ1) is 10.5. The van der Waals surface area contributed by atoms with Crippen LogP contribution in [0.3, 0.4) is 0 Å². The molecule has 6 nitrogen and oxygen atoms in total. The lowest BCUT2D eigenvalue weighted by Gasteiger charge is -2.01. The average molecular weight is 379 g/mol. The summed E-state index contributed by atoms with van der Waals surface area (Å²) in [6.45, 7) is 0. The van der Waals surface area contributed by atoms with E-state index < -0.39 is 5.56 Å². The molecular weight excluding hydrogens is 368 g/mol. The van der Waals surface area contributed by atoms with Crippen LogP contribution >= 0.6 is 28.1 Å². The van der Waals surface area contributed by atoms with E-state index in [9.17, 15) is 4.79 Å². The first-order valence-electron chi connectivity index (χ1n) is 6.35. The van der Waals surface area contributed by atoms with Gasteiger partial charge in [-0.3, -0.25) is 9.89 Å². The Morgan fingerprint density at radius 2 is 2.00 bits per heavy atom. The maximum atomic E-state index is 12.0. The fourth-order valence-electron chi connectivity index (χ4n) is 1.97. The molecule has 112 valence electrons. The number of aromatic nitrogens is 3. The van der Waals surface area contributed by atoms with Gasteiger partial charge in [-0.2, -0.15) is 9.77 Å². The van der Waals surface area contributed by atoms with Crippen molar-refractivity contribution in [1.82, 2.24) is 14.9 Å². The minimum absolute atomic E-state index is 0.0729. The number of halogens is 1. The van der Waals surface area contributed by atoms with Crippen molar-refractivity contribution in [3.8, 4) is 11.3 Å². The van der Waals surface area contributed by atoms with Gasteiger partial charge in [0.1, 0.15) is 17.2 Å². The summed E-state index contributed by atoms with van der Waals surface area (Å²) in [6, 6.07) is 11.4. The Morgan fingerprint density at radius 3 is 2.73 bits per heavy atom. The molecule has 0 unspecified atom stereocenters. The maximum absolute atomic E-state index is 12.0. The molecule has 2 aromatic heterocycles. The van der Waals surface area contributed by atoms with Crippen molar-refractivity contribution < 1.29 is 4.42 Å². The largest absolute Gasteiger partial charge is 0.461 e. The second kappa shape index (κ2) is 5.90. The van der Waals surface area contributed by atoms with E-state index in [1.165, 1.54) is 0 Å². The zero-order chi connectivity index (χ0) is 15.7. The minimum atomic E-state index is -0.439. The van der Waals surface area contributed by atoms with Gasteiger partial charge < -0.3 is 10.3 Å². The first kappa shape index (κ1) is 14.7. The second-order valence-electron chi connectivity index (χ2n) is 4.60. The number of hydrogen-bond acceptors (Lipinski definition) is 5. The van der Waals surface area contributed by atoms with Crippen LogP contribution in [0, 0.1) is 4.77 Å². The van der Waals surface area contributed by atoms with Crippen molar-refractivity contribution in [3.63, 3.8) is 0 Å². The van der Waals surface area contributed by atoms with E-state index in [1.54, 1.807) is 6.07 Å². The predicted octanol–water partition coefficient (Wildman–Crippen LogP) is 2.63. The number of nitrogens with zero attached hydrogens (tertiary/aromatic N) is 2. The number of nitrogens with two attached hydrogens (primary N) is 1. The van der Waals surface area contributed by atoms with E-state index >= 15 is 0 Å². The van der Waals surface area contributed by atoms with E-state index in [0.717, 1.165) is 20.5 Å². The number of nitrogens with one attached hydrogen (secondary N) is 1. The van der Waals surface area contributed by atoms with Gasteiger partial charge in [0.15, 0.2) is 0 Å². The van der Waals surface area contributed by atoms with Crippen molar-refractivity contribution in [2.75, 3.05) is 5.84 Å². The molecule has 0 aliphatic rings. The number of rotatable bonds is 3. The summed E-state index contributed by atoms with van der Waals surface area (Å²) in [5.74, 6) is 6.88. The predicted molar refractivity (Wildman–Crippen MR) is 88.5 cm³/mol. The molecule has 0 atom stereocenters. The number of H-pyrrole nitrogens is 1. The molecule has 22 heavy (non-hydrogen) atoms. The maximum Gasteiger partial charge on any atom is 0.295 e. The molecule has 0 saturated heterocycles.